The van der Waals surface area contributed by atoms with Gasteiger partial charge in [-0.15, -0.1) is 0 Å². The van der Waals surface area contributed by atoms with Crippen LogP contribution in [0.3, 0.4) is 0 Å². The van der Waals surface area contributed by atoms with E-state index in [2.05, 4.69) is 8.46 Å². The average Bonchev–Trinajstić information content (AvgIpc) is 2.03. The van der Waals surface area contributed by atoms with Crippen LogP contribution >= 0.6 is 23.2 Å². The van der Waals surface area contributed by atoms with Crippen molar-refractivity contribution in [3.8, 4) is 0 Å². The van der Waals surface area contributed by atoms with E-state index in [9.17, 15) is 0 Å². The quantitative estimate of drug-likeness (QED) is 0.459. The number of hydrogen-bond acceptors (Lipinski definition) is 1. The zero-order valence-corrected chi connectivity index (χ0v) is 10.2. The Balaban J connectivity index is 2.72. The second-order valence-corrected chi connectivity index (χ2v) is 4.92. The van der Waals surface area contributed by atoms with Gasteiger partial charge in [-0.1, -0.05) is 0 Å². The molecule has 0 aliphatic heterocycles. The van der Waals surface area contributed by atoms with E-state index in [1.54, 1.807) is 6.07 Å². The second-order valence-electron chi connectivity index (χ2n) is 2.24. The Hall–Kier alpha value is 0.490. The summed E-state index contributed by atoms with van der Waals surface area (Å²) in [6, 6.07) is 5.59. The van der Waals surface area contributed by atoms with Crippen molar-refractivity contribution in [3.63, 3.8) is 0 Å². The van der Waals surface area contributed by atoms with Crippen molar-refractivity contribution < 1.29 is 21.5 Å². The van der Waals surface area contributed by atoms with Gasteiger partial charge in [0.2, 0.25) is 0 Å². The predicted molar refractivity (Wildman–Crippen MR) is 49.2 cm³/mol. The summed E-state index contributed by atoms with van der Waals surface area (Å²) in [5, 5.41) is 1.43. The molecule has 1 N–H and O–H groups in total. The van der Waals surface area contributed by atoms with Gasteiger partial charge in [-0.2, -0.15) is 0 Å². The molecule has 4 heteroatoms. The summed E-state index contributed by atoms with van der Waals surface area (Å²) in [6.07, 6.45) is 0. The zero-order chi connectivity index (χ0) is 8.97. The third-order valence-corrected chi connectivity index (χ3v) is 3.14. The van der Waals surface area contributed by atoms with Crippen molar-refractivity contribution in [2.24, 2.45) is 0 Å². The van der Waals surface area contributed by atoms with E-state index in [-0.39, 0.29) is 21.5 Å². The monoisotopic (exact) mass is 316 g/mol. The molecule has 0 aliphatic carbocycles. The van der Waals surface area contributed by atoms with Crippen molar-refractivity contribution in [2.75, 3.05) is 4.93 Å². The van der Waals surface area contributed by atoms with Crippen molar-refractivity contribution in [2.45, 2.75) is 6.54 Å². The molecule has 1 aromatic carbocycles. The summed E-state index contributed by atoms with van der Waals surface area (Å²) in [5.74, 6) is 0. The van der Waals surface area contributed by atoms with Crippen molar-refractivity contribution in [1.29, 1.82) is 0 Å². The zero-order valence-electron chi connectivity index (χ0n) is 6.57. The van der Waals surface area contributed by atoms with Crippen LogP contribution in [0.2, 0.25) is 10.0 Å². The molecule has 0 bridgehead atoms. The first-order valence-corrected chi connectivity index (χ1v) is 7.38. The molecule has 1 aromatic rings. The van der Waals surface area contributed by atoms with E-state index >= 15 is 0 Å². The summed E-state index contributed by atoms with van der Waals surface area (Å²) >= 11 is 11.8. The standard InChI is InChI=1S/C8H9Cl2IN/c1-11-12-5-6-2-3-7(9)4-8(6)10/h2-4,12H,5H2,1H3/q-1. The molecule has 0 amide bonds. The summed E-state index contributed by atoms with van der Waals surface area (Å²) in [4.78, 5) is 2.17. The Morgan fingerprint density at radius 3 is 2.75 bits per heavy atom. The number of halogens is 3. The summed E-state index contributed by atoms with van der Waals surface area (Å²) in [6.45, 7) is 0.847. The van der Waals surface area contributed by atoms with E-state index in [0.717, 1.165) is 17.1 Å². The Morgan fingerprint density at radius 1 is 1.42 bits per heavy atom. The number of alkyl halides is 1. The minimum absolute atomic E-state index is 0.119. The predicted octanol–water partition coefficient (Wildman–Crippen LogP) is -0.283. The molecule has 0 heterocycles. The second kappa shape index (κ2) is 5.27. The van der Waals surface area contributed by atoms with Crippen LogP contribution in [0.1, 0.15) is 5.56 Å². The van der Waals surface area contributed by atoms with E-state index in [1.165, 1.54) is 0 Å². The van der Waals surface area contributed by atoms with E-state index in [1.807, 2.05) is 12.1 Å². The van der Waals surface area contributed by atoms with Crippen LogP contribution in [0.4, 0.5) is 0 Å². The van der Waals surface area contributed by atoms with E-state index in [4.69, 9.17) is 23.2 Å². The van der Waals surface area contributed by atoms with Gasteiger partial charge in [-0.25, -0.2) is 0 Å². The van der Waals surface area contributed by atoms with Gasteiger partial charge < -0.3 is 0 Å². The van der Waals surface area contributed by atoms with Crippen LogP contribution in [-0.4, -0.2) is 4.93 Å². The number of benzene rings is 1. The maximum absolute atomic E-state index is 5.95. The molecule has 1 rings (SSSR count). The average molecular weight is 317 g/mol. The molecule has 0 atom stereocenters. The molecular formula is C8H9Cl2IN-. The van der Waals surface area contributed by atoms with Crippen molar-refractivity contribution >= 4 is 23.2 Å². The first kappa shape index (κ1) is 10.6. The Morgan fingerprint density at radius 2 is 2.17 bits per heavy atom. The van der Waals surface area contributed by atoms with Gasteiger partial charge in [0.15, 0.2) is 0 Å². The normalized spacial score (nSPS) is 10.6. The minimum atomic E-state index is 0.119. The molecule has 0 aliphatic rings. The first-order chi connectivity index (χ1) is 5.74. The molecule has 0 unspecified atom stereocenters. The van der Waals surface area contributed by atoms with E-state index in [0.29, 0.717) is 5.02 Å². The van der Waals surface area contributed by atoms with Gasteiger partial charge in [0.05, 0.1) is 0 Å². The number of rotatable bonds is 3. The summed E-state index contributed by atoms with van der Waals surface area (Å²) in [7, 11) is 0. The van der Waals surface area contributed by atoms with E-state index < -0.39 is 0 Å². The molecule has 0 fully saturated rings. The van der Waals surface area contributed by atoms with Crippen LogP contribution in [0.15, 0.2) is 18.2 Å². The fourth-order valence-corrected chi connectivity index (χ4v) is 2.07. The number of nitrogens with one attached hydrogen (secondary N) is 1. The topological polar surface area (TPSA) is 12.0 Å². The number of hydrogen-bond donors (Lipinski definition) is 1. The Kier molecular flexibility index (Phi) is 4.64. The molecule has 0 radical (unpaired) electrons. The SMILES string of the molecule is C[I-]NCc1ccc(Cl)cc1Cl. The molecule has 0 spiro atoms. The van der Waals surface area contributed by atoms with Crippen LogP contribution in [0, 0.1) is 0 Å². The van der Waals surface area contributed by atoms with Gasteiger partial charge in [0.25, 0.3) is 0 Å². The van der Waals surface area contributed by atoms with Crippen LogP contribution in [0.5, 0.6) is 0 Å². The fourth-order valence-electron chi connectivity index (χ4n) is 0.804. The van der Waals surface area contributed by atoms with Crippen molar-refractivity contribution in [3.05, 3.63) is 33.8 Å². The molecule has 0 saturated heterocycles. The molecular weight excluding hydrogens is 308 g/mol. The summed E-state index contributed by atoms with van der Waals surface area (Å²) < 4.78 is 3.31. The van der Waals surface area contributed by atoms with Gasteiger partial charge in [-0.3, -0.25) is 0 Å². The van der Waals surface area contributed by atoms with Crippen LogP contribution in [-0.2, 0) is 6.54 Å². The summed E-state index contributed by atoms with van der Waals surface area (Å²) in [5.41, 5.74) is 1.11. The maximum atomic E-state index is 5.95. The first-order valence-electron chi connectivity index (χ1n) is 3.39. The Labute approximate surface area is 93.1 Å². The van der Waals surface area contributed by atoms with Gasteiger partial charge in [-0.05, 0) is 0 Å². The third-order valence-electron chi connectivity index (χ3n) is 1.41. The molecule has 0 saturated carbocycles. The molecule has 1 nitrogen and oxygen atoms in total. The molecule has 0 aromatic heterocycles. The van der Waals surface area contributed by atoms with Gasteiger partial charge in [0, 0.05) is 0 Å². The molecule has 68 valence electrons. The molecule has 12 heavy (non-hydrogen) atoms. The van der Waals surface area contributed by atoms with Gasteiger partial charge in [0.1, 0.15) is 0 Å². The third kappa shape index (κ3) is 3.09. The van der Waals surface area contributed by atoms with Crippen LogP contribution in [0.25, 0.3) is 0 Å². The van der Waals surface area contributed by atoms with Crippen LogP contribution < -0.4 is 25.0 Å². The van der Waals surface area contributed by atoms with Crippen molar-refractivity contribution in [1.82, 2.24) is 3.53 Å². The van der Waals surface area contributed by atoms with Gasteiger partial charge >= 0.3 is 93.5 Å². The fraction of sp³-hybridized carbons (Fsp3) is 0.250. The Bertz CT molecular complexity index is 265.